The number of anilines is 1. The van der Waals surface area contributed by atoms with Crippen LogP contribution in [-0.2, 0) is 16.6 Å². The van der Waals surface area contributed by atoms with Crippen molar-refractivity contribution >= 4 is 31.6 Å². The molecular weight excluding hydrogens is 332 g/mol. The molecule has 0 saturated carbocycles. The molecular formula is C11H13BrN4O2S. The maximum Gasteiger partial charge on any atom is 0.240 e. The number of hydrogen-bond acceptors (Lipinski definition) is 4. The molecule has 0 aliphatic heterocycles. The maximum absolute atomic E-state index is 12.0. The maximum atomic E-state index is 12.0. The summed E-state index contributed by atoms with van der Waals surface area (Å²) in [6.07, 6.45) is 5.04. The van der Waals surface area contributed by atoms with Gasteiger partial charge in [-0.3, -0.25) is 0 Å². The highest BCUT2D eigenvalue weighted by Crippen LogP contribution is 2.22. The molecule has 0 aliphatic carbocycles. The van der Waals surface area contributed by atoms with Crippen molar-refractivity contribution in [3.63, 3.8) is 0 Å². The SMILES string of the molecule is Nc1cc(S(=O)(=O)NCCn2ccnc2)ccc1Br. The Bertz CT molecular complexity index is 655. The smallest absolute Gasteiger partial charge is 0.240 e. The second kappa shape index (κ2) is 5.72. The van der Waals surface area contributed by atoms with Crippen LogP contribution in [0.3, 0.4) is 0 Å². The molecule has 0 amide bonds. The Morgan fingerprint density at radius 3 is 2.84 bits per heavy atom. The lowest BCUT2D eigenvalue weighted by atomic mass is 10.3. The summed E-state index contributed by atoms with van der Waals surface area (Å²) in [7, 11) is -3.54. The number of hydrogen-bond donors (Lipinski definition) is 2. The van der Waals surface area contributed by atoms with Crippen LogP contribution in [0.4, 0.5) is 5.69 Å². The van der Waals surface area contributed by atoms with Gasteiger partial charge in [-0.05, 0) is 34.1 Å². The lowest BCUT2D eigenvalue weighted by Crippen LogP contribution is -2.27. The largest absolute Gasteiger partial charge is 0.398 e. The van der Waals surface area contributed by atoms with Gasteiger partial charge in [-0.2, -0.15) is 0 Å². The summed E-state index contributed by atoms with van der Waals surface area (Å²) in [6, 6.07) is 4.53. The van der Waals surface area contributed by atoms with E-state index in [0.717, 1.165) is 0 Å². The van der Waals surface area contributed by atoms with E-state index in [1.54, 1.807) is 29.4 Å². The van der Waals surface area contributed by atoms with Crippen molar-refractivity contribution < 1.29 is 8.42 Å². The number of imidazole rings is 1. The van der Waals surface area contributed by atoms with Gasteiger partial charge in [-0.1, -0.05) is 0 Å². The minimum Gasteiger partial charge on any atom is -0.398 e. The number of aromatic nitrogens is 2. The minimum absolute atomic E-state index is 0.152. The summed E-state index contributed by atoms with van der Waals surface area (Å²) in [5, 5.41) is 0. The Morgan fingerprint density at radius 2 is 2.21 bits per heavy atom. The molecule has 8 heteroatoms. The monoisotopic (exact) mass is 344 g/mol. The number of nitrogens with two attached hydrogens (primary N) is 1. The third-order valence-corrected chi connectivity index (χ3v) is 4.68. The highest BCUT2D eigenvalue weighted by Gasteiger charge is 2.14. The fraction of sp³-hybridized carbons (Fsp3) is 0.182. The molecule has 1 aromatic heterocycles. The van der Waals surface area contributed by atoms with Crippen molar-refractivity contribution in [2.24, 2.45) is 0 Å². The normalized spacial score (nSPS) is 11.6. The average molecular weight is 345 g/mol. The highest BCUT2D eigenvalue weighted by molar-refractivity contribution is 9.10. The van der Waals surface area contributed by atoms with Gasteiger partial charge in [-0.15, -0.1) is 0 Å². The third-order valence-electron chi connectivity index (χ3n) is 2.50. The summed E-state index contributed by atoms with van der Waals surface area (Å²) in [5.74, 6) is 0. The zero-order valence-electron chi connectivity index (χ0n) is 9.95. The summed E-state index contributed by atoms with van der Waals surface area (Å²) >= 11 is 3.22. The first-order chi connectivity index (χ1) is 8.99. The molecule has 19 heavy (non-hydrogen) atoms. The van der Waals surface area contributed by atoms with E-state index in [2.05, 4.69) is 25.6 Å². The van der Waals surface area contributed by atoms with Crippen molar-refractivity contribution in [2.75, 3.05) is 12.3 Å². The number of rotatable bonds is 5. The molecule has 3 N–H and O–H groups in total. The van der Waals surface area contributed by atoms with Crippen LogP contribution in [0.1, 0.15) is 0 Å². The van der Waals surface area contributed by atoms with E-state index in [0.29, 0.717) is 16.7 Å². The Labute approximate surface area is 119 Å². The van der Waals surface area contributed by atoms with Gasteiger partial charge >= 0.3 is 0 Å². The summed E-state index contributed by atoms with van der Waals surface area (Å²) < 4.78 is 29.0. The van der Waals surface area contributed by atoms with Crippen molar-refractivity contribution in [1.29, 1.82) is 0 Å². The molecule has 2 rings (SSSR count). The Hall–Kier alpha value is -1.38. The zero-order valence-corrected chi connectivity index (χ0v) is 12.4. The quantitative estimate of drug-likeness (QED) is 0.797. The molecule has 0 aliphatic rings. The van der Waals surface area contributed by atoms with E-state index in [1.165, 1.54) is 12.1 Å². The van der Waals surface area contributed by atoms with E-state index in [9.17, 15) is 8.42 Å². The van der Waals surface area contributed by atoms with Gasteiger partial charge in [0, 0.05) is 35.6 Å². The standard InChI is InChI=1S/C11H13BrN4O2S/c12-10-2-1-9(7-11(10)13)19(17,18)15-4-6-16-5-3-14-8-16/h1-3,5,7-8,15H,4,6,13H2. The number of nitrogen functional groups attached to an aromatic ring is 1. The van der Waals surface area contributed by atoms with Crippen LogP contribution in [0.15, 0.2) is 46.3 Å². The van der Waals surface area contributed by atoms with Crippen molar-refractivity contribution in [3.05, 3.63) is 41.4 Å². The first-order valence-corrected chi connectivity index (χ1v) is 7.77. The van der Waals surface area contributed by atoms with Gasteiger partial charge in [0.05, 0.1) is 11.2 Å². The second-order valence-corrected chi connectivity index (χ2v) is 6.50. The van der Waals surface area contributed by atoms with Crippen LogP contribution in [0.25, 0.3) is 0 Å². The zero-order chi connectivity index (χ0) is 13.9. The molecule has 0 atom stereocenters. The number of nitrogens with one attached hydrogen (secondary N) is 1. The number of halogens is 1. The third kappa shape index (κ3) is 3.55. The van der Waals surface area contributed by atoms with Crippen LogP contribution in [0.2, 0.25) is 0 Å². The first kappa shape index (κ1) is 14.0. The van der Waals surface area contributed by atoms with Crippen LogP contribution >= 0.6 is 15.9 Å². The summed E-state index contributed by atoms with van der Waals surface area (Å²) in [5.41, 5.74) is 6.06. The van der Waals surface area contributed by atoms with Crippen molar-refractivity contribution in [1.82, 2.24) is 14.3 Å². The van der Waals surface area contributed by atoms with Gasteiger partial charge in [0.15, 0.2) is 0 Å². The van der Waals surface area contributed by atoms with Gasteiger partial charge < -0.3 is 10.3 Å². The second-order valence-electron chi connectivity index (χ2n) is 3.88. The predicted octanol–water partition coefficient (Wildman–Crippen LogP) is 1.21. The Morgan fingerprint density at radius 1 is 1.42 bits per heavy atom. The molecule has 2 aromatic rings. The van der Waals surface area contributed by atoms with Gasteiger partial charge in [-0.25, -0.2) is 18.1 Å². The van der Waals surface area contributed by atoms with E-state index < -0.39 is 10.0 Å². The minimum atomic E-state index is -3.54. The molecule has 0 fully saturated rings. The van der Waals surface area contributed by atoms with Crippen molar-refractivity contribution in [2.45, 2.75) is 11.4 Å². The molecule has 6 nitrogen and oxygen atoms in total. The molecule has 0 spiro atoms. The molecule has 102 valence electrons. The van der Waals surface area contributed by atoms with E-state index >= 15 is 0 Å². The Kier molecular flexibility index (Phi) is 4.23. The lowest BCUT2D eigenvalue weighted by Gasteiger charge is -2.08. The number of benzene rings is 1. The first-order valence-electron chi connectivity index (χ1n) is 5.49. The van der Waals surface area contributed by atoms with E-state index in [4.69, 9.17) is 5.73 Å². The molecule has 1 aromatic carbocycles. The van der Waals surface area contributed by atoms with Crippen LogP contribution in [0.5, 0.6) is 0 Å². The molecule has 0 radical (unpaired) electrons. The lowest BCUT2D eigenvalue weighted by molar-refractivity contribution is 0.573. The molecule has 0 saturated heterocycles. The fourth-order valence-electron chi connectivity index (χ4n) is 1.50. The molecule has 0 unspecified atom stereocenters. The number of nitrogens with zero attached hydrogens (tertiary/aromatic N) is 2. The van der Waals surface area contributed by atoms with Gasteiger partial charge in [0.1, 0.15) is 0 Å². The van der Waals surface area contributed by atoms with Gasteiger partial charge in [0.2, 0.25) is 10.0 Å². The average Bonchev–Trinajstić information content (AvgIpc) is 2.85. The molecule has 0 bridgehead atoms. The number of sulfonamides is 1. The van der Waals surface area contributed by atoms with Crippen LogP contribution in [-0.4, -0.2) is 24.5 Å². The van der Waals surface area contributed by atoms with E-state index in [1.807, 2.05) is 0 Å². The molecule has 1 heterocycles. The van der Waals surface area contributed by atoms with Crippen molar-refractivity contribution in [3.8, 4) is 0 Å². The van der Waals surface area contributed by atoms with Crippen LogP contribution < -0.4 is 10.5 Å². The van der Waals surface area contributed by atoms with Gasteiger partial charge in [0.25, 0.3) is 0 Å². The van der Waals surface area contributed by atoms with E-state index in [-0.39, 0.29) is 11.4 Å². The highest BCUT2D eigenvalue weighted by atomic mass is 79.9. The predicted molar refractivity (Wildman–Crippen MR) is 76.0 cm³/mol. The fourth-order valence-corrected chi connectivity index (χ4v) is 2.80. The topological polar surface area (TPSA) is 90.0 Å². The Balaban J connectivity index is 2.03. The summed E-state index contributed by atoms with van der Waals surface area (Å²) in [4.78, 5) is 4.03. The summed E-state index contributed by atoms with van der Waals surface area (Å²) in [6.45, 7) is 0.805. The van der Waals surface area contributed by atoms with Crippen LogP contribution in [0, 0.1) is 0 Å².